The molecule has 3 aromatic rings. The second-order valence-corrected chi connectivity index (χ2v) is 10.1. The third-order valence-corrected chi connectivity index (χ3v) is 7.92. The number of rotatable bonds is 5. The van der Waals surface area contributed by atoms with E-state index in [1.165, 1.54) is 19.8 Å². The largest absolute Gasteiger partial charge is 0.360 e. The normalized spacial score (nSPS) is 15.1. The van der Waals surface area contributed by atoms with E-state index < -0.39 is 15.9 Å². The fourth-order valence-electron chi connectivity index (χ4n) is 4.11. The minimum absolute atomic E-state index is 0.0735. The summed E-state index contributed by atoms with van der Waals surface area (Å²) in [6.07, 6.45) is 1.66. The Labute approximate surface area is 192 Å². The van der Waals surface area contributed by atoms with Crippen molar-refractivity contribution in [2.24, 2.45) is 0 Å². The van der Waals surface area contributed by atoms with Gasteiger partial charge in [0.15, 0.2) is 5.76 Å². The number of piperazine rings is 1. The van der Waals surface area contributed by atoms with Crippen molar-refractivity contribution < 1.29 is 17.7 Å². The van der Waals surface area contributed by atoms with Crippen LogP contribution in [0.5, 0.6) is 0 Å². The van der Waals surface area contributed by atoms with Gasteiger partial charge >= 0.3 is 0 Å². The standard InChI is InChI=1S/C23H26N4O5S/c1-16-6-4-7-19(14-16)15-26-9-5-8-20(23(26)29)22(28)25-10-12-27(13-11-25)33(30,31)21-17(2)24-32-18(21)3/h4-9,14H,10-13,15H2,1-3H3. The SMILES string of the molecule is Cc1cccc(Cn2cccc(C(=O)N3CCN(S(=O)(=O)c4c(C)noc4C)CC3)c2=O)c1. The number of carbonyl (C=O) groups excluding carboxylic acids is 1. The summed E-state index contributed by atoms with van der Waals surface area (Å²) in [5.74, 6) is -0.155. The summed E-state index contributed by atoms with van der Waals surface area (Å²) in [6, 6.07) is 11.1. The molecule has 1 fully saturated rings. The molecule has 1 aromatic carbocycles. The summed E-state index contributed by atoms with van der Waals surface area (Å²) in [7, 11) is -3.77. The second kappa shape index (κ2) is 8.95. The first kappa shape index (κ1) is 22.9. The summed E-state index contributed by atoms with van der Waals surface area (Å²) in [5, 5.41) is 3.73. The highest BCUT2D eigenvalue weighted by atomic mass is 32.2. The van der Waals surface area contributed by atoms with E-state index >= 15 is 0 Å². The molecule has 4 rings (SSSR count). The van der Waals surface area contributed by atoms with Crippen LogP contribution in [0.4, 0.5) is 0 Å². The van der Waals surface area contributed by atoms with Crippen molar-refractivity contribution in [3.63, 3.8) is 0 Å². The molecule has 1 aliphatic heterocycles. The van der Waals surface area contributed by atoms with E-state index in [0.29, 0.717) is 12.2 Å². The molecule has 0 N–H and O–H groups in total. The Bertz CT molecular complexity index is 1330. The first-order valence-corrected chi connectivity index (χ1v) is 12.1. The Morgan fingerprint density at radius 3 is 2.42 bits per heavy atom. The fraction of sp³-hybridized carbons (Fsp3) is 0.348. The highest BCUT2D eigenvalue weighted by Crippen LogP contribution is 2.24. The highest BCUT2D eigenvalue weighted by molar-refractivity contribution is 7.89. The van der Waals surface area contributed by atoms with Gasteiger partial charge in [0.05, 0.1) is 6.54 Å². The lowest BCUT2D eigenvalue weighted by Gasteiger charge is -2.33. The fourth-order valence-corrected chi connectivity index (χ4v) is 5.82. The van der Waals surface area contributed by atoms with Crippen LogP contribution in [0.1, 0.15) is 32.9 Å². The zero-order valence-corrected chi connectivity index (χ0v) is 19.6. The summed E-state index contributed by atoms with van der Waals surface area (Å²) in [4.78, 5) is 27.7. The van der Waals surface area contributed by atoms with Crippen molar-refractivity contribution in [1.82, 2.24) is 18.9 Å². The predicted molar refractivity (Wildman–Crippen MR) is 122 cm³/mol. The first-order valence-electron chi connectivity index (χ1n) is 10.7. The lowest BCUT2D eigenvalue weighted by atomic mass is 10.1. The third kappa shape index (κ3) is 4.49. The van der Waals surface area contributed by atoms with Crippen LogP contribution in [-0.4, -0.2) is 59.4 Å². The number of amides is 1. The number of hydrogen-bond donors (Lipinski definition) is 0. The maximum atomic E-state index is 13.1. The summed E-state index contributed by atoms with van der Waals surface area (Å²) >= 11 is 0. The Morgan fingerprint density at radius 1 is 1.06 bits per heavy atom. The van der Waals surface area contributed by atoms with Gasteiger partial charge in [-0.3, -0.25) is 9.59 Å². The van der Waals surface area contributed by atoms with Gasteiger partial charge in [0.25, 0.3) is 11.5 Å². The Hall–Kier alpha value is -3.24. The van der Waals surface area contributed by atoms with Gasteiger partial charge in [-0.1, -0.05) is 35.0 Å². The Morgan fingerprint density at radius 2 is 1.79 bits per heavy atom. The van der Waals surface area contributed by atoms with Crippen LogP contribution in [0.2, 0.25) is 0 Å². The number of aromatic nitrogens is 2. The van der Waals surface area contributed by atoms with Gasteiger partial charge in [-0.15, -0.1) is 0 Å². The van der Waals surface area contributed by atoms with Crippen LogP contribution in [0.25, 0.3) is 0 Å². The number of nitrogens with zero attached hydrogens (tertiary/aromatic N) is 4. The zero-order chi connectivity index (χ0) is 23.8. The van der Waals surface area contributed by atoms with Gasteiger partial charge in [-0.2, -0.15) is 4.31 Å². The van der Waals surface area contributed by atoms with Gasteiger partial charge in [0, 0.05) is 32.4 Å². The summed E-state index contributed by atoms with van der Waals surface area (Å²) < 4.78 is 33.8. The van der Waals surface area contributed by atoms with Gasteiger partial charge in [0.2, 0.25) is 10.0 Å². The maximum absolute atomic E-state index is 13.1. The van der Waals surface area contributed by atoms with Crippen molar-refractivity contribution in [1.29, 1.82) is 0 Å². The van der Waals surface area contributed by atoms with Crippen LogP contribution in [0.3, 0.4) is 0 Å². The molecule has 0 saturated carbocycles. The molecule has 0 unspecified atom stereocenters. The smallest absolute Gasteiger partial charge is 0.263 e. The molecule has 1 amide bonds. The molecule has 0 bridgehead atoms. The highest BCUT2D eigenvalue weighted by Gasteiger charge is 2.34. The van der Waals surface area contributed by atoms with E-state index in [0.717, 1.165) is 11.1 Å². The van der Waals surface area contributed by atoms with E-state index in [1.807, 2.05) is 31.2 Å². The number of carbonyl (C=O) groups is 1. The first-order chi connectivity index (χ1) is 15.7. The average molecular weight is 471 g/mol. The van der Waals surface area contributed by atoms with Gasteiger partial charge < -0.3 is 14.0 Å². The molecule has 3 heterocycles. The number of pyridine rings is 1. The summed E-state index contributed by atoms with van der Waals surface area (Å²) in [5.41, 5.74) is 2.09. The molecule has 1 aliphatic rings. The third-order valence-electron chi connectivity index (χ3n) is 5.78. The van der Waals surface area contributed by atoms with Crippen molar-refractivity contribution in [3.8, 4) is 0 Å². The topological polar surface area (TPSA) is 106 Å². The molecule has 0 spiro atoms. The van der Waals surface area contributed by atoms with Crippen molar-refractivity contribution in [2.75, 3.05) is 26.2 Å². The molecule has 1 saturated heterocycles. The molecule has 9 nitrogen and oxygen atoms in total. The van der Waals surface area contributed by atoms with E-state index in [9.17, 15) is 18.0 Å². The molecule has 2 aromatic heterocycles. The average Bonchev–Trinajstić information content (AvgIpc) is 3.13. The van der Waals surface area contributed by atoms with Gasteiger partial charge in [-0.25, -0.2) is 8.42 Å². The molecule has 174 valence electrons. The van der Waals surface area contributed by atoms with Crippen LogP contribution in [-0.2, 0) is 16.6 Å². The summed E-state index contributed by atoms with van der Waals surface area (Å²) in [6.45, 7) is 6.12. The van der Waals surface area contributed by atoms with Gasteiger partial charge in [-0.05, 0) is 38.5 Å². The number of benzene rings is 1. The predicted octanol–water partition coefficient (Wildman–Crippen LogP) is 1.96. The molecule has 0 atom stereocenters. The maximum Gasteiger partial charge on any atom is 0.263 e. The minimum Gasteiger partial charge on any atom is -0.360 e. The molecule has 0 aliphatic carbocycles. The van der Waals surface area contributed by atoms with E-state index in [2.05, 4.69) is 5.16 Å². The molecule has 0 radical (unpaired) electrons. The number of hydrogen-bond acceptors (Lipinski definition) is 6. The monoisotopic (exact) mass is 470 g/mol. The lowest BCUT2D eigenvalue weighted by molar-refractivity contribution is 0.0695. The van der Waals surface area contributed by atoms with Crippen molar-refractivity contribution in [2.45, 2.75) is 32.2 Å². The number of sulfonamides is 1. The van der Waals surface area contributed by atoms with Crippen LogP contribution in [0.15, 0.2) is 56.8 Å². The quantitative estimate of drug-likeness (QED) is 0.564. The molecule has 10 heteroatoms. The van der Waals surface area contributed by atoms with Crippen molar-refractivity contribution in [3.05, 3.63) is 81.1 Å². The van der Waals surface area contributed by atoms with Crippen molar-refractivity contribution >= 4 is 15.9 Å². The second-order valence-electron chi connectivity index (χ2n) is 8.19. The molecular weight excluding hydrogens is 444 g/mol. The number of aryl methyl sites for hydroxylation is 3. The lowest BCUT2D eigenvalue weighted by Crippen LogP contribution is -2.51. The van der Waals surface area contributed by atoms with Crippen LogP contribution >= 0.6 is 0 Å². The van der Waals surface area contributed by atoms with E-state index in [4.69, 9.17) is 4.52 Å². The molecule has 33 heavy (non-hydrogen) atoms. The van der Waals surface area contributed by atoms with Gasteiger partial charge in [0.1, 0.15) is 16.2 Å². The minimum atomic E-state index is -3.77. The van der Waals surface area contributed by atoms with Crippen LogP contribution < -0.4 is 5.56 Å². The van der Waals surface area contributed by atoms with Crippen LogP contribution in [0, 0.1) is 20.8 Å². The van der Waals surface area contributed by atoms with E-state index in [-0.39, 0.29) is 48.0 Å². The Kier molecular flexibility index (Phi) is 6.22. The Balaban J connectivity index is 1.49. The van der Waals surface area contributed by atoms with E-state index in [1.54, 1.807) is 26.1 Å². The zero-order valence-electron chi connectivity index (χ0n) is 18.8. The molecular formula is C23H26N4O5S.